The highest BCUT2D eigenvalue weighted by Gasteiger charge is 2.15. The van der Waals surface area contributed by atoms with Crippen molar-refractivity contribution < 1.29 is 4.74 Å². The highest BCUT2D eigenvalue weighted by Crippen LogP contribution is 2.32. The van der Waals surface area contributed by atoms with E-state index in [0.717, 1.165) is 25.3 Å². The van der Waals surface area contributed by atoms with Crippen LogP contribution >= 0.6 is 11.3 Å². The quantitative estimate of drug-likeness (QED) is 0.685. The maximum Gasteiger partial charge on any atom is 0.137 e. The van der Waals surface area contributed by atoms with E-state index in [0.29, 0.717) is 0 Å². The summed E-state index contributed by atoms with van der Waals surface area (Å²) >= 11 is 1.75. The van der Waals surface area contributed by atoms with Crippen LogP contribution in [0.25, 0.3) is 5.57 Å². The van der Waals surface area contributed by atoms with Crippen LogP contribution < -0.4 is 4.74 Å². The highest BCUT2D eigenvalue weighted by molar-refractivity contribution is 7.08. The lowest BCUT2D eigenvalue weighted by atomic mass is 10.0. The molecule has 106 valence electrons. The van der Waals surface area contributed by atoms with Crippen molar-refractivity contribution in [2.24, 2.45) is 0 Å². The Bertz CT molecular complexity index is 411. The van der Waals surface area contributed by atoms with E-state index in [-0.39, 0.29) is 0 Å². The molecule has 3 heteroatoms. The molecule has 0 spiro atoms. The fourth-order valence-corrected chi connectivity index (χ4v) is 3.22. The van der Waals surface area contributed by atoms with Crippen molar-refractivity contribution in [1.82, 2.24) is 4.90 Å². The highest BCUT2D eigenvalue weighted by atomic mass is 32.1. The van der Waals surface area contributed by atoms with E-state index in [1.165, 1.54) is 43.4 Å². The van der Waals surface area contributed by atoms with E-state index in [9.17, 15) is 0 Å². The summed E-state index contributed by atoms with van der Waals surface area (Å²) in [5.74, 6) is 1.09. The van der Waals surface area contributed by atoms with E-state index in [1.807, 2.05) is 0 Å². The smallest absolute Gasteiger partial charge is 0.137 e. The lowest BCUT2D eigenvalue weighted by Crippen LogP contribution is -2.24. The molecule has 2 nitrogen and oxygen atoms in total. The minimum absolute atomic E-state index is 0.854. The largest absolute Gasteiger partial charge is 0.492 e. The third-order valence-corrected chi connectivity index (χ3v) is 4.29. The average Bonchev–Trinajstić information content (AvgIpc) is 2.87. The molecule has 0 fully saturated rings. The number of ether oxygens (including phenoxy) is 1. The average molecular weight is 279 g/mol. The maximum absolute atomic E-state index is 5.96. The second-order valence-corrected chi connectivity index (χ2v) is 6.06. The lowest BCUT2D eigenvalue weighted by molar-refractivity contribution is 0.304. The Labute approximate surface area is 121 Å². The fourth-order valence-electron chi connectivity index (χ4n) is 2.43. The van der Waals surface area contributed by atoms with Crippen molar-refractivity contribution in [3.8, 4) is 5.75 Å². The number of hydrogen-bond donors (Lipinski definition) is 0. The molecule has 2 rings (SSSR count). The third kappa shape index (κ3) is 4.36. The van der Waals surface area contributed by atoms with Gasteiger partial charge in [-0.25, -0.2) is 0 Å². The number of hydrogen-bond acceptors (Lipinski definition) is 3. The van der Waals surface area contributed by atoms with Gasteiger partial charge in [-0.2, -0.15) is 0 Å². The van der Waals surface area contributed by atoms with Crippen LogP contribution in [0.3, 0.4) is 0 Å². The number of rotatable bonds is 7. The summed E-state index contributed by atoms with van der Waals surface area (Å²) in [5, 5.41) is 4.37. The predicted octanol–water partition coefficient (Wildman–Crippen LogP) is 4.43. The Morgan fingerprint density at radius 3 is 2.95 bits per heavy atom. The maximum atomic E-state index is 5.96. The van der Waals surface area contributed by atoms with Crippen molar-refractivity contribution in [2.75, 3.05) is 26.7 Å². The van der Waals surface area contributed by atoms with Crippen molar-refractivity contribution in [3.05, 3.63) is 22.4 Å². The Kier molecular flexibility index (Phi) is 5.93. The molecule has 2 heterocycles. The van der Waals surface area contributed by atoms with E-state index >= 15 is 0 Å². The monoisotopic (exact) mass is 279 g/mol. The van der Waals surface area contributed by atoms with Gasteiger partial charge in [0.1, 0.15) is 5.75 Å². The second-order valence-electron chi connectivity index (χ2n) is 5.31. The van der Waals surface area contributed by atoms with Gasteiger partial charge in [0.05, 0.1) is 6.61 Å². The molecule has 0 saturated carbocycles. The van der Waals surface area contributed by atoms with Gasteiger partial charge in [-0.1, -0.05) is 32.3 Å². The first kappa shape index (κ1) is 14.6. The van der Waals surface area contributed by atoms with Gasteiger partial charge >= 0.3 is 0 Å². The molecule has 19 heavy (non-hydrogen) atoms. The van der Waals surface area contributed by atoms with Crippen molar-refractivity contribution in [3.63, 3.8) is 0 Å². The summed E-state index contributed by atoms with van der Waals surface area (Å²) in [5.41, 5.74) is 2.74. The van der Waals surface area contributed by atoms with Crippen LogP contribution in [0.15, 0.2) is 16.8 Å². The molecule has 0 amide bonds. The summed E-state index contributed by atoms with van der Waals surface area (Å²) in [7, 11) is 2.19. The Morgan fingerprint density at radius 1 is 1.26 bits per heavy atom. The summed E-state index contributed by atoms with van der Waals surface area (Å²) in [6, 6.07) is 0. The van der Waals surface area contributed by atoms with E-state index < -0.39 is 0 Å². The number of unbranched alkanes of at least 4 members (excludes halogenated alkanes) is 3. The molecule has 1 aromatic rings. The number of likely N-dealkylation sites (N-methyl/N-ethyl adjacent to an activating group) is 1. The zero-order chi connectivity index (χ0) is 13.5. The molecular formula is C16H25NOS. The third-order valence-electron chi connectivity index (χ3n) is 3.57. The fraction of sp³-hybridized carbons (Fsp3) is 0.625. The Balaban J connectivity index is 1.88. The molecule has 0 radical (unpaired) electrons. The van der Waals surface area contributed by atoms with E-state index in [1.54, 1.807) is 11.3 Å². The van der Waals surface area contributed by atoms with Crippen LogP contribution in [0.5, 0.6) is 5.75 Å². The molecule has 0 aliphatic carbocycles. The molecule has 0 atom stereocenters. The van der Waals surface area contributed by atoms with Crippen LogP contribution in [0.4, 0.5) is 0 Å². The van der Waals surface area contributed by atoms with Crippen molar-refractivity contribution in [1.29, 1.82) is 0 Å². The summed E-state index contributed by atoms with van der Waals surface area (Å²) < 4.78 is 5.96. The molecule has 0 N–H and O–H groups in total. The first-order valence-electron chi connectivity index (χ1n) is 7.38. The van der Waals surface area contributed by atoms with Crippen molar-refractivity contribution >= 4 is 16.9 Å². The first-order chi connectivity index (χ1) is 9.31. The van der Waals surface area contributed by atoms with Crippen LogP contribution in [0.2, 0.25) is 0 Å². The topological polar surface area (TPSA) is 12.5 Å². The number of thiophene rings is 1. The molecule has 1 aliphatic rings. The van der Waals surface area contributed by atoms with Gasteiger partial charge in [-0.05, 0) is 25.5 Å². The molecule has 0 aromatic carbocycles. The zero-order valence-corrected chi connectivity index (χ0v) is 13.0. The molecule has 1 aliphatic heterocycles. The second kappa shape index (κ2) is 7.71. The molecule has 0 bridgehead atoms. The Morgan fingerprint density at radius 2 is 2.16 bits per heavy atom. The van der Waals surface area contributed by atoms with Gasteiger partial charge in [0.25, 0.3) is 0 Å². The van der Waals surface area contributed by atoms with Gasteiger partial charge < -0.3 is 9.64 Å². The predicted molar refractivity (Wildman–Crippen MR) is 84.0 cm³/mol. The Hall–Kier alpha value is -0.800. The molecule has 0 unspecified atom stereocenters. The van der Waals surface area contributed by atoms with Crippen molar-refractivity contribution in [2.45, 2.75) is 39.0 Å². The minimum atomic E-state index is 0.854. The van der Waals surface area contributed by atoms with Crippen LogP contribution in [-0.4, -0.2) is 31.6 Å². The van der Waals surface area contributed by atoms with Crippen LogP contribution in [-0.2, 0) is 0 Å². The van der Waals surface area contributed by atoms with Crippen LogP contribution in [0, 0.1) is 0 Å². The van der Waals surface area contributed by atoms with Gasteiger partial charge in [0.2, 0.25) is 0 Å². The van der Waals surface area contributed by atoms with Crippen LogP contribution in [0.1, 0.15) is 44.6 Å². The summed E-state index contributed by atoms with van der Waals surface area (Å²) in [6.45, 7) is 5.31. The normalized spacial score (nSPS) is 16.4. The molecular weight excluding hydrogens is 254 g/mol. The van der Waals surface area contributed by atoms with E-state index in [4.69, 9.17) is 4.74 Å². The zero-order valence-electron chi connectivity index (χ0n) is 12.2. The standard InChI is InChI=1S/C16H25NOS/c1-3-4-5-6-10-18-16-13-19-12-15(16)14-8-7-9-17(2)11-14/h8,12-13H,3-7,9-11H2,1-2H3. The summed E-state index contributed by atoms with van der Waals surface area (Å²) in [6.07, 6.45) is 8.56. The number of nitrogens with zero attached hydrogens (tertiary/aromatic N) is 1. The minimum Gasteiger partial charge on any atom is -0.492 e. The van der Waals surface area contributed by atoms with Gasteiger partial charge in [-0.3, -0.25) is 0 Å². The first-order valence-corrected chi connectivity index (χ1v) is 8.32. The van der Waals surface area contributed by atoms with E-state index in [2.05, 4.69) is 35.7 Å². The molecule has 1 aromatic heterocycles. The van der Waals surface area contributed by atoms with Gasteiger partial charge in [0, 0.05) is 29.4 Å². The lowest BCUT2D eigenvalue weighted by Gasteiger charge is -2.23. The molecule has 0 saturated heterocycles. The van der Waals surface area contributed by atoms with Gasteiger partial charge in [0.15, 0.2) is 0 Å². The SMILES string of the molecule is CCCCCCOc1cscc1C1=CCCN(C)C1. The van der Waals surface area contributed by atoms with Gasteiger partial charge in [-0.15, -0.1) is 11.3 Å². The summed E-state index contributed by atoms with van der Waals surface area (Å²) in [4.78, 5) is 2.37.